The highest BCUT2D eigenvalue weighted by molar-refractivity contribution is 5.93. The van der Waals surface area contributed by atoms with E-state index in [0.717, 1.165) is 34.1 Å². The van der Waals surface area contributed by atoms with Gasteiger partial charge in [-0.05, 0) is 145 Å². The molecular weight excluding hydrogens is 629 g/mol. The van der Waals surface area contributed by atoms with E-state index in [1.54, 1.807) is 0 Å². The number of rotatable bonds is 8. The molecule has 0 unspecified atom stereocenters. The Morgan fingerprint density at radius 1 is 0.269 bits per heavy atom. The maximum atomic E-state index is 2.33. The highest BCUT2D eigenvalue weighted by Gasteiger charge is 2.14. The highest BCUT2D eigenvalue weighted by Crippen LogP contribution is 2.38. The van der Waals surface area contributed by atoms with E-state index in [1.807, 2.05) is 0 Å². The van der Waals surface area contributed by atoms with Crippen molar-refractivity contribution in [2.45, 2.75) is 27.7 Å². The summed E-state index contributed by atoms with van der Waals surface area (Å²) >= 11 is 0. The molecule has 0 N–H and O–H groups in total. The molecule has 0 aliphatic rings. The molecule has 0 bridgehead atoms. The Bertz CT molecular complexity index is 2250. The molecule has 0 aliphatic heterocycles. The lowest BCUT2D eigenvalue weighted by Crippen LogP contribution is -2.09. The topological polar surface area (TPSA) is 6.48 Å². The first kappa shape index (κ1) is 32.8. The van der Waals surface area contributed by atoms with E-state index in [0.29, 0.717) is 0 Å². The van der Waals surface area contributed by atoms with Crippen molar-refractivity contribution in [2.24, 2.45) is 0 Å². The van der Waals surface area contributed by atoms with Gasteiger partial charge in [0.2, 0.25) is 0 Å². The predicted octanol–water partition coefficient (Wildman–Crippen LogP) is 14.3. The number of anilines is 6. The highest BCUT2D eigenvalue weighted by atomic mass is 15.1. The van der Waals surface area contributed by atoms with Crippen molar-refractivity contribution in [3.63, 3.8) is 0 Å². The van der Waals surface area contributed by atoms with Gasteiger partial charge < -0.3 is 9.80 Å². The number of nitrogens with zero attached hydrogens (tertiary/aromatic N) is 2. The minimum atomic E-state index is 1.14. The van der Waals surface area contributed by atoms with Crippen LogP contribution in [0.3, 0.4) is 0 Å². The molecule has 0 amide bonds. The first-order valence-electron chi connectivity index (χ1n) is 18.0. The second-order valence-corrected chi connectivity index (χ2v) is 13.9. The van der Waals surface area contributed by atoms with Gasteiger partial charge in [-0.25, -0.2) is 0 Å². The molecule has 0 radical (unpaired) electrons. The van der Waals surface area contributed by atoms with Crippen molar-refractivity contribution in [3.8, 4) is 0 Å². The Morgan fingerprint density at radius 3 is 0.827 bits per heavy atom. The molecule has 0 aliphatic carbocycles. The third-order valence-corrected chi connectivity index (χ3v) is 9.85. The average Bonchev–Trinajstić information content (AvgIpc) is 3.17. The van der Waals surface area contributed by atoms with Gasteiger partial charge in [-0.2, -0.15) is 0 Å². The molecule has 0 atom stereocenters. The molecule has 8 aromatic carbocycles. The quantitative estimate of drug-likeness (QED) is 0.148. The van der Waals surface area contributed by atoms with Gasteiger partial charge in [0.1, 0.15) is 0 Å². The molecule has 0 saturated heterocycles. The lowest BCUT2D eigenvalue weighted by Gasteiger charge is -2.26. The van der Waals surface area contributed by atoms with E-state index in [1.165, 1.54) is 54.9 Å². The third kappa shape index (κ3) is 6.97. The fraction of sp³-hybridized carbons (Fsp3) is 0.0800. The van der Waals surface area contributed by atoms with Gasteiger partial charge in [-0.1, -0.05) is 119 Å². The molecule has 0 fully saturated rings. The van der Waals surface area contributed by atoms with Gasteiger partial charge in [0.15, 0.2) is 0 Å². The molecule has 8 aromatic rings. The van der Waals surface area contributed by atoms with E-state index < -0.39 is 0 Å². The Morgan fingerprint density at radius 2 is 0.519 bits per heavy atom. The summed E-state index contributed by atoms with van der Waals surface area (Å²) in [7, 11) is 0. The normalized spacial score (nSPS) is 11.4. The fourth-order valence-electron chi connectivity index (χ4n) is 6.85. The Hall–Kier alpha value is -6.38. The van der Waals surface area contributed by atoms with E-state index in [9.17, 15) is 0 Å². The van der Waals surface area contributed by atoms with Crippen LogP contribution in [0.15, 0.2) is 170 Å². The van der Waals surface area contributed by atoms with Gasteiger partial charge in [0.05, 0.1) is 0 Å². The second kappa shape index (κ2) is 14.1. The van der Waals surface area contributed by atoms with Crippen LogP contribution in [0.4, 0.5) is 34.1 Å². The van der Waals surface area contributed by atoms with Crippen LogP contribution in [0.5, 0.6) is 0 Å². The summed E-state index contributed by atoms with van der Waals surface area (Å²) in [4.78, 5) is 4.66. The maximum absolute atomic E-state index is 2.33. The van der Waals surface area contributed by atoms with Gasteiger partial charge in [0, 0.05) is 34.1 Å². The summed E-state index contributed by atoms with van der Waals surface area (Å²) < 4.78 is 0. The van der Waals surface area contributed by atoms with E-state index >= 15 is 0 Å². The largest absolute Gasteiger partial charge is 0.310 e. The molecule has 8 rings (SSSR count). The summed E-state index contributed by atoms with van der Waals surface area (Å²) in [6.07, 6.45) is 4.43. The number of hydrogen-bond acceptors (Lipinski definition) is 2. The maximum Gasteiger partial charge on any atom is 0.0468 e. The molecule has 52 heavy (non-hydrogen) atoms. The zero-order chi connectivity index (χ0) is 35.6. The number of hydrogen-bond donors (Lipinski definition) is 0. The summed E-state index contributed by atoms with van der Waals surface area (Å²) in [5.74, 6) is 0. The van der Waals surface area contributed by atoms with Crippen LogP contribution in [0.1, 0.15) is 33.4 Å². The minimum absolute atomic E-state index is 1.14. The van der Waals surface area contributed by atoms with Gasteiger partial charge in [-0.15, -0.1) is 0 Å². The van der Waals surface area contributed by atoms with Crippen molar-refractivity contribution in [1.82, 2.24) is 0 Å². The number of benzene rings is 8. The molecule has 0 heterocycles. The van der Waals surface area contributed by atoms with Crippen molar-refractivity contribution in [1.29, 1.82) is 0 Å². The SMILES string of the molecule is Cc1ccc(N(c2ccc(C)cc2)c2ccc3cc(/C=C/c4ccc5cc(N(c6ccc(C)cc6)c6ccc(C)cc6)ccc5c4)ccc3c2)cc1. The molecule has 252 valence electrons. The molecule has 2 nitrogen and oxygen atoms in total. The van der Waals surface area contributed by atoms with Crippen LogP contribution in [0.2, 0.25) is 0 Å². The van der Waals surface area contributed by atoms with Gasteiger partial charge >= 0.3 is 0 Å². The van der Waals surface area contributed by atoms with Gasteiger partial charge in [0.25, 0.3) is 0 Å². The van der Waals surface area contributed by atoms with Crippen LogP contribution in [0.25, 0.3) is 33.7 Å². The van der Waals surface area contributed by atoms with Crippen molar-refractivity contribution in [2.75, 3.05) is 9.80 Å². The zero-order valence-corrected chi connectivity index (χ0v) is 30.2. The second-order valence-electron chi connectivity index (χ2n) is 13.9. The lowest BCUT2D eigenvalue weighted by molar-refractivity contribution is 1.27. The first-order chi connectivity index (χ1) is 25.4. The van der Waals surface area contributed by atoms with E-state index in [4.69, 9.17) is 0 Å². The Labute approximate surface area is 307 Å². The summed E-state index contributed by atoms with van der Waals surface area (Å²) in [5.41, 5.74) is 14.2. The molecule has 0 saturated carbocycles. The number of fused-ring (bicyclic) bond motifs is 2. The van der Waals surface area contributed by atoms with Crippen molar-refractivity contribution >= 4 is 67.8 Å². The number of aryl methyl sites for hydroxylation is 4. The average molecular weight is 671 g/mol. The smallest absolute Gasteiger partial charge is 0.0468 e. The summed E-state index contributed by atoms with van der Waals surface area (Å²) in [6, 6.07) is 61.9. The minimum Gasteiger partial charge on any atom is -0.310 e. The Kier molecular flexibility index (Phi) is 8.89. The summed E-state index contributed by atoms with van der Waals surface area (Å²) in [5, 5.41) is 4.87. The molecular formula is C50H42N2. The van der Waals surface area contributed by atoms with Crippen molar-refractivity contribution < 1.29 is 0 Å². The van der Waals surface area contributed by atoms with Crippen LogP contribution in [-0.4, -0.2) is 0 Å². The Balaban J connectivity index is 1.06. The molecule has 0 spiro atoms. The van der Waals surface area contributed by atoms with E-state index in [2.05, 4.69) is 220 Å². The lowest BCUT2D eigenvalue weighted by atomic mass is 10.0. The third-order valence-electron chi connectivity index (χ3n) is 9.85. The standard InChI is InChI=1S/C50H42N2/c1-35-5-21-45(22-6-35)51(46-23-7-36(2)8-24-46)49-29-19-41-31-39(15-17-43(41)33-49)13-14-40-16-18-44-34-50(30-20-42(44)32-40)52(47-25-9-37(3)10-26-47)48-27-11-38(4)12-28-48/h5-34H,1-4H3/b14-13+. The monoisotopic (exact) mass is 670 g/mol. The van der Waals surface area contributed by atoms with Gasteiger partial charge in [-0.3, -0.25) is 0 Å². The predicted molar refractivity (Wildman–Crippen MR) is 225 cm³/mol. The van der Waals surface area contributed by atoms with Crippen molar-refractivity contribution in [3.05, 3.63) is 203 Å². The first-order valence-corrected chi connectivity index (χ1v) is 18.0. The zero-order valence-electron chi connectivity index (χ0n) is 30.2. The van der Waals surface area contributed by atoms with E-state index in [-0.39, 0.29) is 0 Å². The van der Waals surface area contributed by atoms with Crippen LogP contribution < -0.4 is 9.80 Å². The summed E-state index contributed by atoms with van der Waals surface area (Å²) in [6.45, 7) is 8.52. The fourth-order valence-corrected chi connectivity index (χ4v) is 6.85. The van der Waals surface area contributed by atoms with Crippen LogP contribution in [-0.2, 0) is 0 Å². The van der Waals surface area contributed by atoms with Crippen LogP contribution in [0, 0.1) is 27.7 Å². The van der Waals surface area contributed by atoms with Crippen LogP contribution >= 0.6 is 0 Å². The molecule has 0 aromatic heterocycles. The molecule has 2 heteroatoms.